The summed E-state index contributed by atoms with van der Waals surface area (Å²) < 4.78 is 14.1. The molecular formula is C24H26N4O4S. The van der Waals surface area contributed by atoms with Gasteiger partial charge in [0.05, 0.1) is 25.5 Å². The largest absolute Gasteiger partial charge is 0.497 e. The average molecular weight is 467 g/mol. The minimum absolute atomic E-state index is 0.116. The molecule has 0 radical (unpaired) electrons. The minimum Gasteiger partial charge on any atom is -0.497 e. The van der Waals surface area contributed by atoms with Gasteiger partial charge < -0.3 is 19.4 Å². The first-order valence-electron chi connectivity index (χ1n) is 10.6. The van der Waals surface area contributed by atoms with E-state index in [-0.39, 0.29) is 17.2 Å². The summed E-state index contributed by atoms with van der Waals surface area (Å²) in [4.78, 5) is 30.9. The van der Waals surface area contributed by atoms with E-state index < -0.39 is 0 Å². The van der Waals surface area contributed by atoms with Crippen molar-refractivity contribution in [2.75, 3.05) is 25.3 Å². The number of thioether (sulfide) groups is 1. The zero-order valence-electron chi connectivity index (χ0n) is 19.0. The zero-order valence-corrected chi connectivity index (χ0v) is 19.9. The first-order valence-corrected chi connectivity index (χ1v) is 11.6. The zero-order chi connectivity index (χ0) is 23.5. The van der Waals surface area contributed by atoms with Crippen molar-refractivity contribution in [2.24, 2.45) is 7.05 Å². The second kappa shape index (κ2) is 9.58. The number of aryl methyl sites for hydroxylation is 1. The van der Waals surface area contributed by atoms with Crippen molar-refractivity contribution in [2.45, 2.75) is 25.0 Å². The topological polar surface area (TPSA) is 87.4 Å². The third-order valence-corrected chi connectivity index (χ3v) is 6.38. The summed E-state index contributed by atoms with van der Waals surface area (Å²) in [5.74, 6) is 1.29. The van der Waals surface area contributed by atoms with Crippen LogP contribution < -0.4 is 20.3 Å². The van der Waals surface area contributed by atoms with Gasteiger partial charge in [-0.2, -0.15) is 0 Å². The summed E-state index contributed by atoms with van der Waals surface area (Å²) in [6.07, 6.45) is 0.772. The highest BCUT2D eigenvalue weighted by atomic mass is 32.2. The van der Waals surface area contributed by atoms with E-state index in [1.165, 1.54) is 11.8 Å². The number of carbonyl (C=O) groups is 1. The Labute approximate surface area is 195 Å². The summed E-state index contributed by atoms with van der Waals surface area (Å²) >= 11 is 1.25. The van der Waals surface area contributed by atoms with Crippen LogP contribution in [0.2, 0.25) is 0 Å². The van der Waals surface area contributed by atoms with E-state index in [1.54, 1.807) is 30.9 Å². The first kappa shape index (κ1) is 22.7. The van der Waals surface area contributed by atoms with Crippen LogP contribution in [0.5, 0.6) is 11.5 Å². The van der Waals surface area contributed by atoms with Crippen LogP contribution in [0.1, 0.15) is 13.3 Å². The fourth-order valence-corrected chi connectivity index (χ4v) is 4.64. The molecule has 4 aromatic rings. The van der Waals surface area contributed by atoms with Crippen LogP contribution in [0.4, 0.5) is 5.69 Å². The predicted molar refractivity (Wildman–Crippen MR) is 132 cm³/mol. The summed E-state index contributed by atoms with van der Waals surface area (Å²) in [6, 6.07) is 12.8. The van der Waals surface area contributed by atoms with E-state index in [2.05, 4.69) is 5.32 Å². The Morgan fingerprint density at radius 1 is 1.12 bits per heavy atom. The molecule has 1 N–H and O–H groups in total. The molecule has 0 atom stereocenters. The van der Waals surface area contributed by atoms with Gasteiger partial charge in [0.1, 0.15) is 22.5 Å². The molecule has 1 amide bonds. The van der Waals surface area contributed by atoms with Gasteiger partial charge in [0, 0.05) is 30.7 Å². The number of benzene rings is 2. The highest BCUT2D eigenvalue weighted by Gasteiger charge is 2.19. The number of methoxy groups -OCH3 is 2. The Kier molecular flexibility index (Phi) is 6.60. The van der Waals surface area contributed by atoms with Gasteiger partial charge >= 0.3 is 0 Å². The van der Waals surface area contributed by atoms with E-state index in [9.17, 15) is 9.59 Å². The number of carbonyl (C=O) groups excluding carboxylic acids is 1. The first-order chi connectivity index (χ1) is 16.0. The van der Waals surface area contributed by atoms with Crippen LogP contribution in [-0.2, 0) is 18.4 Å². The highest BCUT2D eigenvalue weighted by Crippen LogP contribution is 2.30. The molecule has 0 aliphatic rings. The number of fused-ring (bicyclic) bond motifs is 3. The molecule has 0 fully saturated rings. The summed E-state index contributed by atoms with van der Waals surface area (Å²) in [7, 11) is 5.05. The lowest BCUT2D eigenvalue weighted by molar-refractivity contribution is -0.113. The fraction of sp³-hybridized carbons (Fsp3) is 0.292. The number of rotatable bonds is 8. The molecule has 0 bridgehead atoms. The standard InChI is InChI=1S/C24H26N4O4S/c1-5-11-28-23(30)22-21(18-13-17(32-4)9-10-19(18)27(22)2)26-24(28)33-14-20(29)25-15-7-6-8-16(12-15)31-3/h6-10,12-13H,5,11,14H2,1-4H3,(H,25,29). The van der Waals surface area contributed by atoms with Crippen molar-refractivity contribution in [3.05, 3.63) is 52.8 Å². The lowest BCUT2D eigenvalue weighted by atomic mass is 10.2. The lowest BCUT2D eigenvalue weighted by Gasteiger charge is -2.12. The predicted octanol–water partition coefficient (Wildman–Crippen LogP) is 4.05. The molecule has 0 spiro atoms. The lowest BCUT2D eigenvalue weighted by Crippen LogP contribution is -2.25. The Morgan fingerprint density at radius 3 is 2.61 bits per heavy atom. The van der Waals surface area contributed by atoms with Crippen molar-refractivity contribution >= 4 is 45.3 Å². The summed E-state index contributed by atoms with van der Waals surface area (Å²) in [6.45, 7) is 2.53. The molecule has 0 saturated heterocycles. The molecule has 0 aliphatic carbocycles. The van der Waals surface area contributed by atoms with E-state index >= 15 is 0 Å². The quantitative estimate of drug-likeness (QED) is 0.311. The number of amides is 1. The molecule has 2 aromatic heterocycles. The van der Waals surface area contributed by atoms with Crippen LogP contribution in [0.25, 0.3) is 21.9 Å². The van der Waals surface area contributed by atoms with E-state index in [1.807, 2.05) is 48.9 Å². The Balaban J connectivity index is 1.69. The number of hydrogen-bond acceptors (Lipinski definition) is 6. The van der Waals surface area contributed by atoms with Gasteiger partial charge in [-0.1, -0.05) is 24.8 Å². The molecule has 0 aliphatic heterocycles. The molecule has 2 aromatic carbocycles. The van der Waals surface area contributed by atoms with Crippen molar-refractivity contribution in [3.63, 3.8) is 0 Å². The second-order valence-corrected chi connectivity index (χ2v) is 8.50. The van der Waals surface area contributed by atoms with Crippen LogP contribution in [0.15, 0.2) is 52.4 Å². The van der Waals surface area contributed by atoms with E-state index in [0.717, 1.165) is 17.3 Å². The highest BCUT2D eigenvalue weighted by molar-refractivity contribution is 7.99. The van der Waals surface area contributed by atoms with Crippen LogP contribution in [-0.4, -0.2) is 40.0 Å². The van der Waals surface area contributed by atoms with Gasteiger partial charge in [-0.05, 0) is 36.8 Å². The SMILES string of the molecule is CCCn1c(SCC(=O)Nc2cccc(OC)c2)nc2c3cc(OC)ccc3n(C)c2c1=O. The Morgan fingerprint density at radius 2 is 1.88 bits per heavy atom. The van der Waals surface area contributed by atoms with Crippen LogP contribution in [0.3, 0.4) is 0 Å². The minimum atomic E-state index is -0.190. The number of ether oxygens (including phenoxy) is 2. The van der Waals surface area contributed by atoms with Gasteiger partial charge in [-0.25, -0.2) is 4.98 Å². The van der Waals surface area contributed by atoms with Crippen molar-refractivity contribution in [1.82, 2.24) is 14.1 Å². The normalized spacial score (nSPS) is 11.2. The molecule has 0 saturated carbocycles. The molecule has 4 rings (SSSR count). The Hall–Kier alpha value is -3.46. The fourth-order valence-electron chi connectivity index (χ4n) is 3.82. The maximum Gasteiger partial charge on any atom is 0.278 e. The number of nitrogens with one attached hydrogen (secondary N) is 1. The maximum atomic E-state index is 13.4. The molecule has 9 heteroatoms. The molecular weight excluding hydrogens is 440 g/mol. The Bertz CT molecular complexity index is 1390. The molecule has 8 nitrogen and oxygen atoms in total. The maximum absolute atomic E-state index is 13.4. The van der Waals surface area contributed by atoms with E-state index in [4.69, 9.17) is 14.5 Å². The third-order valence-electron chi connectivity index (χ3n) is 5.40. The molecule has 2 heterocycles. The van der Waals surface area contributed by atoms with Gasteiger partial charge in [0.2, 0.25) is 5.91 Å². The molecule has 33 heavy (non-hydrogen) atoms. The van der Waals surface area contributed by atoms with Crippen molar-refractivity contribution < 1.29 is 14.3 Å². The molecule has 172 valence electrons. The van der Waals surface area contributed by atoms with E-state index in [0.29, 0.717) is 39.9 Å². The van der Waals surface area contributed by atoms with Crippen LogP contribution in [0, 0.1) is 0 Å². The smallest absolute Gasteiger partial charge is 0.278 e. The third kappa shape index (κ3) is 4.41. The van der Waals surface area contributed by atoms with Gasteiger partial charge in [-0.15, -0.1) is 0 Å². The number of anilines is 1. The van der Waals surface area contributed by atoms with Gasteiger partial charge in [-0.3, -0.25) is 14.2 Å². The molecule has 0 unspecified atom stereocenters. The number of aromatic nitrogens is 3. The monoisotopic (exact) mass is 466 g/mol. The van der Waals surface area contributed by atoms with Crippen molar-refractivity contribution in [3.8, 4) is 11.5 Å². The second-order valence-electron chi connectivity index (χ2n) is 7.56. The summed E-state index contributed by atoms with van der Waals surface area (Å²) in [5.41, 5.74) is 2.58. The summed E-state index contributed by atoms with van der Waals surface area (Å²) in [5, 5.41) is 4.23. The average Bonchev–Trinajstić information content (AvgIpc) is 3.11. The van der Waals surface area contributed by atoms with Gasteiger partial charge in [0.25, 0.3) is 5.56 Å². The van der Waals surface area contributed by atoms with Gasteiger partial charge in [0.15, 0.2) is 5.16 Å². The number of hydrogen-bond donors (Lipinski definition) is 1. The number of nitrogens with zero attached hydrogens (tertiary/aromatic N) is 3. The van der Waals surface area contributed by atoms with Crippen molar-refractivity contribution in [1.29, 1.82) is 0 Å². The van der Waals surface area contributed by atoms with Crippen LogP contribution >= 0.6 is 11.8 Å².